The molecule has 0 aliphatic heterocycles. The van der Waals surface area contributed by atoms with E-state index < -0.39 is 0 Å². The minimum atomic E-state index is -0.330. The maximum Gasteiger partial charge on any atom is 0.233 e. The maximum absolute atomic E-state index is 11.6. The summed E-state index contributed by atoms with van der Waals surface area (Å²) in [7, 11) is 3.13. The third kappa shape index (κ3) is 8.38. The summed E-state index contributed by atoms with van der Waals surface area (Å²) in [6, 6.07) is 7.99. The molecule has 0 aliphatic carbocycles. The highest BCUT2D eigenvalue weighted by molar-refractivity contribution is 9.10. The number of carbonyl (C=O) groups excluding carboxylic acids is 1. The first-order valence-electron chi connectivity index (χ1n) is 6.43. The normalized spacial score (nSPS) is 10.3. The quantitative estimate of drug-likeness (QED) is 0.640. The van der Waals surface area contributed by atoms with Crippen molar-refractivity contribution in [2.45, 2.75) is 12.7 Å². The zero-order valence-electron chi connectivity index (χ0n) is 12.2. The van der Waals surface area contributed by atoms with Crippen LogP contribution in [-0.4, -0.2) is 46.1 Å². The van der Waals surface area contributed by atoms with Gasteiger partial charge in [0.05, 0.1) is 6.54 Å². The summed E-state index contributed by atoms with van der Waals surface area (Å²) in [5.41, 5.74) is 1.18. The molecule has 0 bridgehead atoms. The minimum Gasteiger partial charge on any atom is -0.355 e. The second-order valence-electron chi connectivity index (χ2n) is 4.22. The molecule has 0 saturated heterocycles. The molecular weight excluding hydrogens is 360 g/mol. The lowest BCUT2D eigenvalue weighted by molar-refractivity contribution is -0.121. The summed E-state index contributed by atoms with van der Waals surface area (Å²) < 4.78 is 11.1. The van der Waals surface area contributed by atoms with E-state index in [9.17, 15) is 4.79 Å². The number of amides is 1. The molecule has 1 aromatic carbocycles. The van der Waals surface area contributed by atoms with E-state index >= 15 is 0 Å². The largest absolute Gasteiger partial charge is 0.355 e. The van der Waals surface area contributed by atoms with Crippen molar-refractivity contribution in [3.8, 4) is 0 Å². The Bertz CT molecular complexity index is 417. The van der Waals surface area contributed by atoms with Crippen molar-refractivity contribution in [2.75, 3.05) is 33.9 Å². The van der Waals surface area contributed by atoms with Gasteiger partial charge in [-0.25, -0.2) is 0 Å². The smallest absolute Gasteiger partial charge is 0.233 e. The zero-order valence-corrected chi connectivity index (χ0v) is 14.6. The second kappa shape index (κ2) is 11.9. The van der Waals surface area contributed by atoms with Crippen LogP contribution in [0.3, 0.4) is 0 Å². The Kier molecular flexibility index (Phi) is 11.6. The monoisotopic (exact) mass is 380 g/mol. The van der Waals surface area contributed by atoms with E-state index in [0.29, 0.717) is 13.1 Å². The molecule has 1 aromatic rings. The summed E-state index contributed by atoms with van der Waals surface area (Å²) in [5.74, 6) is -0.0389. The molecule has 0 atom stereocenters. The van der Waals surface area contributed by atoms with E-state index in [1.165, 1.54) is 5.56 Å². The van der Waals surface area contributed by atoms with Gasteiger partial charge in [0.1, 0.15) is 0 Å². The Morgan fingerprint density at radius 3 is 2.57 bits per heavy atom. The predicted octanol–water partition coefficient (Wildman–Crippen LogP) is 1.74. The van der Waals surface area contributed by atoms with Gasteiger partial charge in [-0.1, -0.05) is 34.1 Å². The molecular formula is C14H22BrClN2O3. The van der Waals surface area contributed by atoms with E-state index in [2.05, 4.69) is 26.6 Å². The number of benzene rings is 1. The van der Waals surface area contributed by atoms with Gasteiger partial charge in [0.2, 0.25) is 5.91 Å². The van der Waals surface area contributed by atoms with Gasteiger partial charge in [-0.3, -0.25) is 4.79 Å². The van der Waals surface area contributed by atoms with E-state index in [1.54, 1.807) is 14.2 Å². The number of ether oxygens (including phenoxy) is 2. The Labute approximate surface area is 140 Å². The van der Waals surface area contributed by atoms with Crippen molar-refractivity contribution in [3.63, 3.8) is 0 Å². The Morgan fingerprint density at radius 1 is 1.29 bits per heavy atom. The van der Waals surface area contributed by atoms with Crippen molar-refractivity contribution in [1.29, 1.82) is 0 Å². The highest BCUT2D eigenvalue weighted by Crippen LogP contribution is 2.15. The van der Waals surface area contributed by atoms with Crippen LogP contribution < -0.4 is 10.6 Å². The van der Waals surface area contributed by atoms with Crippen LogP contribution in [0.25, 0.3) is 0 Å². The molecule has 21 heavy (non-hydrogen) atoms. The van der Waals surface area contributed by atoms with E-state index in [4.69, 9.17) is 9.47 Å². The van der Waals surface area contributed by atoms with Gasteiger partial charge in [-0.05, 0) is 18.1 Å². The molecule has 0 heterocycles. The number of hydrogen-bond donors (Lipinski definition) is 2. The first kappa shape index (κ1) is 20.3. The highest BCUT2D eigenvalue weighted by Gasteiger charge is 2.06. The molecule has 0 spiro atoms. The van der Waals surface area contributed by atoms with Gasteiger partial charge in [-0.15, -0.1) is 12.4 Å². The topological polar surface area (TPSA) is 59.6 Å². The summed E-state index contributed by atoms with van der Waals surface area (Å²) in [5, 5.41) is 5.84. The molecule has 0 aromatic heterocycles. The number of methoxy groups -OCH3 is 2. The summed E-state index contributed by atoms with van der Waals surface area (Å²) >= 11 is 3.48. The molecule has 7 heteroatoms. The van der Waals surface area contributed by atoms with Gasteiger partial charge < -0.3 is 20.1 Å². The SMILES string of the molecule is COC(CNCC(=O)NCCc1ccccc1Br)OC.Cl. The Balaban J connectivity index is 0.00000400. The average molecular weight is 382 g/mol. The third-order valence-corrected chi connectivity index (χ3v) is 3.57. The molecule has 5 nitrogen and oxygen atoms in total. The Morgan fingerprint density at radius 2 is 1.95 bits per heavy atom. The molecule has 1 amide bonds. The van der Waals surface area contributed by atoms with Crippen molar-refractivity contribution in [2.24, 2.45) is 0 Å². The number of rotatable bonds is 9. The molecule has 0 radical (unpaired) electrons. The number of carbonyl (C=O) groups is 1. The van der Waals surface area contributed by atoms with Crippen LogP contribution in [0.2, 0.25) is 0 Å². The average Bonchev–Trinajstić information content (AvgIpc) is 2.46. The fourth-order valence-corrected chi connectivity index (χ4v) is 2.15. The van der Waals surface area contributed by atoms with Gasteiger partial charge in [0, 0.05) is 31.8 Å². The third-order valence-electron chi connectivity index (χ3n) is 2.80. The van der Waals surface area contributed by atoms with Crippen molar-refractivity contribution in [3.05, 3.63) is 34.3 Å². The van der Waals surface area contributed by atoms with Crippen LogP contribution in [0, 0.1) is 0 Å². The highest BCUT2D eigenvalue weighted by atomic mass is 79.9. The van der Waals surface area contributed by atoms with Crippen LogP contribution in [-0.2, 0) is 20.7 Å². The summed E-state index contributed by atoms with van der Waals surface area (Å²) in [4.78, 5) is 11.6. The van der Waals surface area contributed by atoms with Crippen LogP contribution in [0.4, 0.5) is 0 Å². The Hall–Kier alpha value is -0.660. The standard InChI is InChI=1S/C14H21BrN2O3.ClH/c1-19-14(20-2)10-16-9-13(18)17-8-7-11-5-3-4-6-12(11)15;/h3-6,14,16H,7-10H2,1-2H3,(H,17,18);1H. The van der Waals surface area contributed by atoms with Crippen molar-refractivity contribution >= 4 is 34.2 Å². The summed E-state index contributed by atoms with van der Waals surface area (Å²) in [6.07, 6.45) is 0.467. The second-order valence-corrected chi connectivity index (χ2v) is 5.08. The number of nitrogens with one attached hydrogen (secondary N) is 2. The van der Waals surface area contributed by atoms with Crippen LogP contribution in [0.5, 0.6) is 0 Å². The molecule has 0 aliphatic rings. The van der Waals surface area contributed by atoms with E-state index in [0.717, 1.165) is 10.9 Å². The molecule has 0 saturated carbocycles. The molecule has 120 valence electrons. The predicted molar refractivity (Wildman–Crippen MR) is 88.8 cm³/mol. The first-order valence-corrected chi connectivity index (χ1v) is 7.23. The molecule has 2 N–H and O–H groups in total. The van der Waals surface area contributed by atoms with Gasteiger partial charge in [0.25, 0.3) is 0 Å². The minimum absolute atomic E-state index is 0. The van der Waals surface area contributed by atoms with E-state index in [1.807, 2.05) is 24.3 Å². The number of hydrogen-bond acceptors (Lipinski definition) is 4. The van der Waals surface area contributed by atoms with Crippen LogP contribution >= 0.6 is 28.3 Å². The van der Waals surface area contributed by atoms with Crippen LogP contribution in [0.15, 0.2) is 28.7 Å². The molecule has 0 unspecified atom stereocenters. The fraction of sp³-hybridized carbons (Fsp3) is 0.500. The lowest BCUT2D eigenvalue weighted by Crippen LogP contribution is -2.38. The summed E-state index contributed by atoms with van der Waals surface area (Å²) in [6.45, 7) is 1.34. The van der Waals surface area contributed by atoms with Crippen molar-refractivity contribution < 1.29 is 14.3 Å². The zero-order chi connectivity index (χ0) is 14.8. The van der Waals surface area contributed by atoms with E-state index in [-0.39, 0.29) is 31.1 Å². The molecule has 0 fully saturated rings. The van der Waals surface area contributed by atoms with Crippen molar-refractivity contribution in [1.82, 2.24) is 10.6 Å². The van der Waals surface area contributed by atoms with Gasteiger partial charge in [-0.2, -0.15) is 0 Å². The lowest BCUT2D eigenvalue weighted by atomic mass is 10.1. The van der Waals surface area contributed by atoms with Crippen LogP contribution in [0.1, 0.15) is 5.56 Å². The fourth-order valence-electron chi connectivity index (χ4n) is 1.67. The molecule has 1 rings (SSSR count). The first-order chi connectivity index (χ1) is 9.67. The van der Waals surface area contributed by atoms with Gasteiger partial charge in [0.15, 0.2) is 6.29 Å². The number of halogens is 2. The van der Waals surface area contributed by atoms with Gasteiger partial charge >= 0.3 is 0 Å². The maximum atomic E-state index is 11.6. The lowest BCUT2D eigenvalue weighted by Gasteiger charge is -2.14.